The van der Waals surface area contributed by atoms with Crippen LogP contribution in [0.1, 0.15) is 46.0 Å². The van der Waals surface area contributed by atoms with Crippen LogP contribution >= 0.6 is 0 Å². The number of rotatable bonds is 6. The second kappa shape index (κ2) is 8.35. The molecule has 0 aromatic heterocycles. The SMILES string of the molecule is CC1(c2ccccc2)NC(=O)N(NC(=O)CCCN2C(=O)c3cccc4cccc(c34)C2=O)C1=O. The van der Waals surface area contributed by atoms with Gasteiger partial charge in [0.2, 0.25) is 5.91 Å². The molecule has 9 heteroatoms. The maximum atomic E-state index is 13.0. The van der Waals surface area contributed by atoms with E-state index in [0.717, 1.165) is 10.3 Å². The quantitative estimate of drug-likeness (QED) is 0.425. The highest BCUT2D eigenvalue weighted by molar-refractivity contribution is 6.25. The van der Waals surface area contributed by atoms with Crippen LogP contribution in [0.3, 0.4) is 0 Å². The number of hydrogen-bond acceptors (Lipinski definition) is 5. The van der Waals surface area contributed by atoms with Gasteiger partial charge >= 0.3 is 6.03 Å². The van der Waals surface area contributed by atoms with Gasteiger partial charge in [0.1, 0.15) is 5.54 Å². The molecule has 0 spiro atoms. The average Bonchev–Trinajstić information content (AvgIpc) is 3.08. The smallest absolute Gasteiger partial charge is 0.318 e. The first-order valence-corrected chi connectivity index (χ1v) is 11.2. The highest BCUT2D eigenvalue weighted by Crippen LogP contribution is 2.30. The third kappa shape index (κ3) is 3.61. The molecule has 6 amide bonds. The molecular weight excluding hydrogens is 448 g/mol. The predicted octanol–water partition coefficient (Wildman–Crippen LogP) is 2.71. The topological polar surface area (TPSA) is 116 Å². The number of carbonyl (C=O) groups excluding carboxylic acids is 5. The normalized spacial score (nSPS) is 19.3. The molecule has 0 radical (unpaired) electrons. The van der Waals surface area contributed by atoms with Gasteiger partial charge in [-0.1, -0.05) is 54.6 Å². The number of amides is 6. The first kappa shape index (κ1) is 22.3. The molecule has 3 aromatic carbocycles. The minimum Gasteiger partial charge on any atom is -0.318 e. The Kier molecular flexibility index (Phi) is 5.32. The van der Waals surface area contributed by atoms with Crippen LogP contribution in [0.15, 0.2) is 66.7 Å². The van der Waals surface area contributed by atoms with Gasteiger partial charge in [-0.3, -0.25) is 29.5 Å². The van der Waals surface area contributed by atoms with Crippen molar-refractivity contribution in [3.05, 3.63) is 83.4 Å². The fraction of sp³-hybridized carbons (Fsp3) is 0.192. The lowest BCUT2D eigenvalue weighted by atomic mass is 9.92. The van der Waals surface area contributed by atoms with Gasteiger partial charge in [0, 0.05) is 29.5 Å². The standard InChI is InChI=1S/C26H22N4O5/c1-26(17-10-3-2-4-11-17)24(34)30(25(35)27-26)28-20(31)14-7-15-29-22(32)18-12-5-8-16-9-6-13-19(21(16)18)23(29)33/h2-6,8-13H,7,14-15H2,1H3,(H,27,35)(H,28,31). The predicted molar refractivity (Wildman–Crippen MR) is 126 cm³/mol. The Balaban J connectivity index is 1.23. The third-order valence-corrected chi connectivity index (χ3v) is 6.42. The first-order valence-electron chi connectivity index (χ1n) is 11.2. The summed E-state index contributed by atoms with van der Waals surface area (Å²) in [6.07, 6.45) is 0.0725. The zero-order valence-corrected chi connectivity index (χ0v) is 18.9. The fourth-order valence-electron chi connectivity index (χ4n) is 4.57. The average molecular weight is 470 g/mol. The summed E-state index contributed by atoms with van der Waals surface area (Å²) in [5.41, 5.74) is 2.52. The molecule has 2 N–H and O–H groups in total. The van der Waals surface area contributed by atoms with Gasteiger partial charge in [-0.15, -0.1) is 0 Å². The van der Waals surface area contributed by atoms with Crippen LogP contribution in [0, 0.1) is 0 Å². The van der Waals surface area contributed by atoms with Crippen molar-refractivity contribution in [3.8, 4) is 0 Å². The van der Waals surface area contributed by atoms with Crippen LogP contribution in [-0.2, 0) is 15.1 Å². The summed E-state index contributed by atoms with van der Waals surface area (Å²) >= 11 is 0. The zero-order chi connectivity index (χ0) is 24.7. The van der Waals surface area contributed by atoms with Gasteiger partial charge in [0.15, 0.2) is 0 Å². The number of hydrogen-bond donors (Lipinski definition) is 2. The van der Waals surface area contributed by atoms with E-state index in [-0.39, 0.29) is 19.4 Å². The first-order chi connectivity index (χ1) is 16.8. The summed E-state index contributed by atoms with van der Waals surface area (Å²) in [5, 5.41) is 4.74. The fourth-order valence-corrected chi connectivity index (χ4v) is 4.57. The van der Waals surface area contributed by atoms with Gasteiger partial charge in [-0.2, -0.15) is 5.01 Å². The van der Waals surface area contributed by atoms with Crippen LogP contribution in [-0.4, -0.2) is 46.1 Å². The second-order valence-electron chi connectivity index (χ2n) is 8.67. The molecule has 5 rings (SSSR count). The molecule has 35 heavy (non-hydrogen) atoms. The van der Waals surface area contributed by atoms with E-state index in [4.69, 9.17) is 0 Å². The Hall–Kier alpha value is -4.53. The number of nitrogens with zero attached hydrogens (tertiary/aromatic N) is 2. The molecule has 3 aromatic rings. The van der Waals surface area contributed by atoms with E-state index >= 15 is 0 Å². The summed E-state index contributed by atoms with van der Waals surface area (Å²) in [4.78, 5) is 64.9. The van der Waals surface area contributed by atoms with E-state index in [0.29, 0.717) is 27.1 Å². The Labute approximate surface area is 200 Å². The summed E-state index contributed by atoms with van der Waals surface area (Å²) in [6, 6.07) is 18.6. The third-order valence-electron chi connectivity index (χ3n) is 6.42. The lowest BCUT2D eigenvalue weighted by molar-refractivity contribution is -0.139. The molecule has 2 aliphatic heterocycles. The summed E-state index contributed by atoms with van der Waals surface area (Å²) < 4.78 is 0. The van der Waals surface area contributed by atoms with Crippen LogP contribution < -0.4 is 10.7 Å². The van der Waals surface area contributed by atoms with Gasteiger partial charge in [-0.05, 0) is 36.4 Å². The minimum absolute atomic E-state index is 0.0255. The van der Waals surface area contributed by atoms with Crippen molar-refractivity contribution in [2.45, 2.75) is 25.3 Å². The Morgan fingerprint density at radius 2 is 1.51 bits per heavy atom. The van der Waals surface area contributed by atoms with Crippen molar-refractivity contribution in [3.63, 3.8) is 0 Å². The van der Waals surface area contributed by atoms with Crippen molar-refractivity contribution >= 4 is 40.4 Å². The van der Waals surface area contributed by atoms with Crippen molar-refractivity contribution < 1.29 is 24.0 Å². The molecule has 2 heterocycles. The van der Waals surface area contributed by atoms with E-state index in [9.17, 15) is 24.0 Å². The Morgan fingerprint density at radius 1 is 0.886 bits per heavy atom. The molecular formula is C26H22N4O5. The molecule has 0 aliphatic carbocycles. The van der Waals surface area contributed by atoms with E-state index in [1.165, 1.54) is 0 Å². The van der Waals surface area contributed by atoms with Gasteiger partial charge in [0.25, 0.3) is 17.7 Å². The number of imide groups is 2. The highest BCUT2D eigenvalue weighted by Gasteiger charge is 2.49. The lowest BCUT2D eigenvalue weighted by Gasteiger charge is -2.27. The molecule has 1 saturated heterocycles. The second-order valence-corrected chi connectivity index (χ2v) is 8.67. The summed E-state index contributed by atoms with van der Waals surface area (Å²) in [5.74, 6) is -2.00. The van der Waals surface area contributed by atoms with E-state index in [1.54, 1.807) is 61.5 Å². The maximum Gasteiger partial charge on any atom is 0.344 e. The number of nitrogens with one attached hydrogen (secondary N) is 2. The van der Waals surface area contributed by atoms with E-state index in [1.807, 2.05) is 12.1 Å². The van der Waals surface area contributed by atoms with Crippen molar-refractivity contribution in [2.75, 3.05) is 6.54 Å². The van der Waals surface area contributed by atoms with Gasteiger partial charge < -0.3 is 5.32 Å². The van der Waals surface area contributed by atoms with Gasteiger partial charge in [-0.25, -0.2) is 4.79 Å². The van der Waals surface area contributed by atoms with Crippen LogP contribution in [0.25, 0.3) is 10.8 Å². The molecule has 176 valence electrons. The molecule has 0 bridgehead atoms. The zero-order valence-electron chi connectivity index (χ0n) is 18.9. The molecule has 0 saturated carbocycles. The largest absolute Gasteiger partial charge is 0.344 e. The minimum atomic E-state index is -1.30. The van der Waals surface area contributed by atoms with Crippen LogP contribution in [0.2, 0.25) is 0 Å². The molecule has 1 atom stereocenters. The monoisotopic (exact) mass is 470 g/mol. The van der Waals surface area contributed by atoms with E-state index < -0.39 is 35.2 Å². The van der Waals surface area contributed by atoms with Crippen molar-refractivity contribution in [1.29, 1.82) is 0 Å². The number of carbonyl (C=O) groups is 5. The number of hydrazine groups is 1. The van der Waals surface area contributed by atoms with Crippen LogP contribution in [0.5, 0.6) is 0 Å². The Bertz CT molecular complexity index is 1350. The lowest BCUT2D eigenvalue weighted by Crippen LogP contribution is -2.48. The highest BCUT2D eigenvalue weighted by atomic mass is 16.2. The van der Waals surface area contributed by atoms with E-state index in [2.05, 4.69) is 10.7 Å². The summed E-state index contributed by atoms with van der Waals surface area (Å²) in [7, 11) is 0. The number of urea groups is 1. The molecule has 1 unspecified atom stereocenters. The van der Waals surface area contributed by atoms with Crippen molar-refractivity contribution in [1.82, 2.24) is 20.7 Å². The maximum absolute atomic E-state index is 13.0. The van der Waals surface area contributed by atoms with Crippen LogP contribution in [0.4, 0.5) is 4.79 Å². The summed E-state index contributed by atoms with van der Waals surface area (Å²) in [6.45, 7) is 1.60. The molecule has 9 nitrogen and oxygen atoms in total. The number of benzene rings is 3. The molecule has 2 aliphatic rings. The molecule has 1 fully saturated rings. The Morgan fingerprint density at radius 3 is 2.14 bits per heavy atom. The van der Waals surface area contributed by atoms with Crippen molar-refractivity contribution in [2.24, 2.45) is 0 Å². The van der Waals surface area contributed by atoms with Gasteiger partial charge in [0.05, 0.1) is 0 Å².